The molecule has 0 bridgehead atoms. The largest absolute Gasteiger partial charge is 0.409 e. The van der Waals surface area contributed by atoms with Gasteiger partial charge in [-0.2, -0.15) is 0 Å². The molecule has 14 heavy (non-hydrogen) atoms. The number of oxime groups is 1. The predicted octanol–water partition coefficient (Wildman–Crippen LogP) is 1.29. The van der Waals surface area contributed by atoms with Crippen LogP contribution in [0.3, 0.4) is 0 Å². The van der Waals surface area contributed by atoms with Crippen molar-refractivity contribution in [1.82, 2.24) is 0 Å². The second-order valence-electron chi connectivity index (χ2n) is 2.86. The van der Waals surface area contributed by atoms with E-state index in [1.54, 1.807) is 19.1 Å². The molecule has 0 aromatic heterocycles. The van der Waals surface area contributed by atoms with Crippen molar-refractivity contribution in [1.29, 1.82) is 0 Å². The summed E-state index contributed by atoms with van der Waals surface area (Å²) in [7, 11) is 0. The molecule has 0 aliphatic rings. The van der Waals surface area contributed by atoms with Gasteiger partial charge in [0.1, 0.15) is 5.82 Å². The van der Waals surface area contributed by atoms with Gasteiger partial charge in [-0.05, 0) is 19.1 Å². The average molecular weight is 197 g/mol. The highest BCUT2D eigenvalue weighted by atomic mass is 19.1. The third kappa shape index (κ3) is 2.35. The van der Waals surface area contributed by atoms with Crippen LogP contribution < -0.4 is 11.1 Å². The van der Waals surface area contributed by atoms with Crippen LogP contribution in [0.15, 0.2) is 23.4 Å². The molecule has 0 saturated heterocycles. The second kappa shape index (κ2) is 4.45. The van der Waals surface area contributed by atoms with Crippen LogP contribution in [0.5, 0.6) is 0 Å². The second-order valence-corrected chi connectivity index (χ2v) is 2.86. The molecule has 0 heterocycles. The molecule has 76 valence electrons. The first kappa shape index (κ1) is 10.3. The number of rotatable bonds is 3. The van der Waals surface area contributed by atoms with Gasteiger partial charge in [0.2, 0.25) is 0 Å². The standard InChI is InChI=1S/C9H12FN3O/c1-6-7(10)3-2-4-8(6)12-5-9(11)13-14/h2-4,12,14H,5H2,1H3,(H2,11,13). The Balaban J connectivity index is 2.73. The maximum atomic E-state index is 13.0. The van der Waals surface area contributed by atoms with Crippen molar-refractivity contribution in [2.45, 2.75) is 6.92 Å². The number of anilines is 1. The van der Waals surface area contributed by atoms with Crippen LogP contribution in [-0.4, -0.2) is 17.6 Å². The number of benzene rings is 1. The summed E-state index contributed by atoms with van der Waals surface area (Å²) in [6, 6.07) is 4.70. The van der Waals surface area contributed by atoms with Crippen molar-refractivity contribution < 1.29 is 9.60 Å². The summed E-state index contributed by atoms with van der Waals surface area (Å²) in [5.41, 5.74) is 6.40. The topological polar surface area (TPSA) is 70.6 Å². The number of halogens is 1. The average Bonchev–Trinajstić information content (AvgIpc) is 2.20. The van der Waals surface area contributed by atoms with E-state index >= 15 is 0 Å². The van der Waals surface area contributed by atoms with E-state index in [9.17, 15) is 4.39 Å². The van der Waals surface area contributed by atoms with Crippen LogP contribution >= 0.6 is 0 Å². The number of nitrogens with zero attached hydrogens (tertiary/aromatic N) is 1. The molecule has 0 radical (unpaired) electrons. The molecule has 0 atom stereocenters. The van der Waals surface area contributed by atoms with E-state index < -0.39 is 0 Å². The summed E-state index contributed by atoms with van der Waals surface area (Å²) in [5.74, 6) is -0.233. The minimum atomic E-state index is -0.283. The van der Waals surface area contributed by atoms with Crippen LogP contribution in [0.1, 0.15) is 5.56 Å². The Morgan fingerprint density at radius 2 is 2.36 bits per heavy atom. The normalized spacial score (nSPS) is 11.4. The van der Waals surface area contributed by atoms with Crippen molar-refractivity contribution in [2.75, 3.05) is 11.9 Å². The van der Waals surface area contributed by atoms with Gasteiger partial charge in [-0.25, -0.2) is 4.39 Å². The Morgan fingerprint density at radius 1 is 1.64 bits per heavy atom. The lowest BCUT2D eigenvalue weighted by molar-refractivity contribution is 0.317. The molecular weight excluding hydrogens is 185 g/mol. The van der Waals surface area contributed by atoms with Crippen LogP contribution in [0.2, 0.25) is 0 Å². The quantitative estimate of drug-likeness (QED) is 0.296. The molecule has 0 saturated carbocycles. The highest BCUT2D eigenvalue weighted by Crippen LogP contribution is 2.16. The molecule has 1 aromatic rings. The monoisotopic (exact) mass is 197 g/mol. The van der Waals surface area contributed by atoms with Gasteiger partial charge in [0.25, 0.3) is 0 Å². The van der Waals surface area contributed by atoms with E-state index in [1.807, 2.05) is 0 Å². The van der Waals surface area contributed by atoms with E-state index in [0.29, 0.717) is 11.3 Å². The Hall–Kier alpha value is -1.78. The van der Waals surface area contributed by atoms with Crippen molar-refractivity contribution in [3.05, 3.63) is 29.6 Å². The number of nitrogens with two attached hydrogens (primary N) is 1. The zero-order chi connectivity index (χ0) is 10.6. The first-order valence-electron chi connectivity index (χ1n) is 4.10. The number of amidine groups is 1. The summed E-state index contributed by atoms with van der Waals surface area (Å²) in [6.07, 6.45) is 0. The molecule has 0 amide bonds. The maximum absolute atomic E-state index is 13.0. The molecule has 0 spiro atoms. The van der Waals surface area contributed by atoms with Gasteiger partial charge in [0.05, 0.1) is 6.54 Å². The minimum Gasteiger partial charge on any atom is -0.409 e. The summed E-state index contributed by atoms with van der Waals surface area (Å²) in [5, 5.41) is 13.9. The predicted molar refractivity (Wildman–Crippen MR) is 53.0 cm³/mol. The van der Waals surface area contributed by atoms with Crippen molar-refractivity contribution in [3.8, 4) is 0 Å². The van der Waals surface area contributed by atoms with E-state index in [2.05, 4.69) is 10.5 Å². The van der Waals surface area contributed by atoms with Gasteiger partial charge in [-0.3, -0.25) is 0 Å². The number of nitrogens with one attached hydrogen (secondary N) is 1. The Labute approximate surface area is 81.2 Å². The fourth-order valence-corrected chi connectivity index (χ4v) is 1.02. The maximum Gasteiger partial charge on any atom is 0.158 e. The molecular formula is C9H12FN3O. The van der Waals surface area contributed by atoms with Gasteiger partial charge in [-0.15, -0.1) is 0 Å². The molecule has 0 aliphatic carbocycles. The van der Waals surface area contributed by atoms with Gasteiger partial charge in [0.15, 0.2) is 5.84 Å². The van der Waals surface area contributed by atoms with E-state index in [0.717, 1.165) is 0 Å². The van der Waals surface area contributed by atoms with Crippen LogP contribution in [0, 0.1) is 12.7 Å². The van der Waals surface area contributed by atoms with Gasteiger partial charge < -0.3 is 16.3 Å². The molecule has 4 nitrogen and oxygen atoms in total. The van der Waals surface area contributed by atoms with Crippen molar-refractivity contribution in [2.24, 2.45) is 10.9 Å². The SMILES string of the molecule is Cc1c(F)cccc1NC/C(N)=N/O. The molecule has 0 unspecified atom stereocenters. The summed E-state index contributed by atoms with van der Waals surface area (Å²) in [4.78, 5) is 0. The van der Waals surface area contributed by atoms with Crippen LogP contribution in [-0.2, 0) is 0 Å². The summed E-state index contributed by atoms with van der Waals surface area (Å²) >= 11 is 0. The van der Waals surface area contributed by atoms with E-state index in [1.165, 1.54) is 6.07 Å². The van der Waals surface area contributed by atoms with Crippen LogP contribution in [0.25, 0.3) is 0 Å². The molecule has 1 aromatic carbocycles. The Bertz CT molecular complexity index is 352. The highest BCUT2D eigenvalue weighted by Gasteiger charge is 2.02. The fraction of sp³-hybridized carbons (Fsp3) is 0.222. The fourth-order valence-electron chi connectivity index (χ4n) is 1.02. The first-order valence-corrected chi connectivity index (χ1v) is 4.10. The third-order valence-corrected chi connectivity index (χ3v) is 1.86. The molecule has 5 heteroatoms. The smallest absolute Gasteiger partial charge is 0.158 e. The number of hydrogen-bond donors (Lipinski definition) is 3. The zero-order valence-corrected chi connectivity index (χ0v) is 7.79. The molecule has 0 aliphatic heterocycles. The lowest BCUT2D eigenvalue weighted by Gasteiger charge is -2.08. The summed E-state index contributed by atoms with van der Waals surface area (Å²) in [6.45, 7) is 1.84. The van der Waals surface area contributed by atoms with E-state index in [4.69, 9.17) is 10.9 Å². The lowest BCUT2D eigenvalue weighted by Crippen LogP contribution is -2.22. The lowest BCUT2D eigenvalue weighted by atomic mass is 10.2. The minimum absolute atomic E-state index is 0.0497. The molecule has 0 fully saturated rings. The van der Waals surface area contributed by atoms with Gasteiger partial charge >= 0.3 is 0 Å². The highest BCUT2D eigenvalue weighted by molar-refractivity contribution is 5.84. The van der Waals surface area contributed by atoms with Crippen molar-refractivity contribution in [3.63, 3.8) is 0 Å². The zero-order valence-electron chi connectivity index (χ0n) is 7.79. The van der Waals surface area contributed by atoms with E-state index in [-0.39, 0.29) is 18.2 Å². The number of hydrogen-bond acceptors (Lipinski definition) is 3. The van der Waals surface area contributed by atoms with Gasteiger partial charge in [-0.1, -0.05) is 11.2 Å². The summed E-state index contributed by atoms with van der Waals surface area (Å²) < 4.78 is 13.0. The molecule has 1 rings (SSSR count). The van der Waals surface area contributed by atoms with Crippen LogP contribution in [0.4, 0.5) is 10.1 Å². The van der Waals surface area contributed by atoms with Crippen molar-refractivity contribution >= 4 is 11.5 Å². The first-order chi connectivity index (χ1) is 6.65. The third-order valence-electron chi connectivity index (χ3n) is 1.86. The molecule has 4 N–H and O–H groups in total. The Morgan fingerprint density at radius 3 is 3.00 bits per heavy atom. The Kier molecular flexibility index (Phi) is 3.28. The van der Waals surface area contributed by atoms with Gasteiger partial charge in [0, 0.05) is 11.3 Å².